The third-order valence-corrected chi connectivity index (χ3v) is 5.10. The van der Waals surface area contributed by atoms with Crippen molar-refractivity contribution >= 4 is 0 Å². The van der Waals surface area contributed by atoms with Crippen molar-refractivity contribution < 1.29 is 13.3 Å². The summed E-state index contributed by atoms with van der Waals surface area (Å²) in [6, 6.07) is 4.70. The van der Waals surface area contributed by atoms with Gasteiger partial charge in [0, 0.05) is 37.2 Å². The summed E-state index contributed by atoms with van der Waals surface area (Å²) in [7, 11) is 2.05. The maximum Gasteiger partial charge on any atom is 0.229 e. The summed E-state index contributed by atoms with van der Waals surface area (Å²) in [4.78, 5) is 8.84. The maximum absolute atomic E-state index is 13.8. The number of likely N-dealkylation sites (tertiary alicyclic amines) is 1. The van der Waals surface area contributed by atoms with Crippen LogP contribution in [0.25, 0.3) is 0 Å². The summed E-state index contributed by atoms with van der Waals surface area (Å²) in [6.45, 7) is 2.76. The molecule has 1 aliphatic heterocycles. The molecule has 1 aromatic carbocycles. The Balaban J connectivity index is 1.32. The van der Waals surface area contributed by atoms with Crippen LogP contribution in [-0.4, -0.2) is 46.1 Å². The summed E-state index contributed by atoms with van der Waals surface area (Å²) in [6.07, 6.45) is 3.28. The molecule has 2 aliphatic rings. The van der Waals surface area contributed by atoms with Crippen LogP contribution < -0.4 is 0 Å². The predicted octanol–water partition coefficient (Wildman–Crippen LogP) is 2.93. The molecule has 5 nitrogen and oxygen atoms in total. The molecule has 1 saturated carbocycles. The lowest BCUT2D eigenvalue weighted by molar-refractivity contribution is 0.215. The van der Waals surface area contributed by atoms with E-state index >= 15 is 0 Å². The van der Waals surface area contributed by atoms with Gasteiger partial charge in [-0.3, -0.25) is 9.80 Å². The number of aromatic nitrogens is 2. The predicted molar refractivity (Wildman–Crippen MR) is 87.8 cm³/mol. The Hall–Kier alpha value is -1.86. The number of nitrogens with zero attached hydrogens (tertiary/aromatic N) is 4. The van der Waals surface area contributed by atoms with Gasteiger partial charge in [-0.2, -0.15) is 4.98 Å². The van der Waals surface area contributed by atoms with Crippen LogP contribution in [-0.2, 0) is 13.1 Å². The van der Waals surface area contributed by atoms with E-state index in [9.17, 15) is 8.78 Å². The summed E-state index contributed by atoms with van der Waals surface area (Å²) in [5, 5.41) is 4.06. The summed E-state index contributed by atoms with van der Waals surface area (Å²) in [5.41, 5.74) is 0.413. The molecule has 1 aromatic heterocycles. The first-order valence-corrected chi connectivity index (χ1v) is 8.78. The first-order valence-electron chi connectivity index (χ1n) is 8.78. The van der Waals surface area contributed by atoms with Gasteiger partial charge in [0.2, 0.25) is 5.89 Å². The molecule has 2 heterocycles. The Labute approximate surface area is 145 Å². The summed E-state index contributed by atoms with van der Waals surface area (Å²) < 4.78 is 32.5. The molecule has 0 radical (unpaired) electrons. The maximum atomic E-state index is 13.8. The van der Waals surface area contributed by atoms with Crippen molar-refractivity contribution in [2.75, 3.05) is 20.1 Å². The zero-order valence-electron chi connectivity index (χ0n) is 14.3. The van der Waals surface area contributed by atoms with Gasteiger partial charge >= 0.3 is 0 Å². The molecule has 0 unspecified atom stereocenters. The molecule has 1 atom stereocenters. The van der Waals surface area contributed by atoms with Crippen LogP contribution in [0.2, 0.25) is 0 Å². The smallest absolute Gasteiger partial charge is 0.229 e. The highest BCUT2D eigenvalue weighted by Gasteiger charge is 2.31. The number of benzene rings is 1. The molecule has 134 valence electrons. The van der Waals surface area contributed by atoms with Crippen molar-refractivity contribution in [3.8, 4) is 0 Å². The van der Waals surface area contributed by atoms with Crippen molar-refractivity contribution in [3.05, 3.63) is 47.1 Å². The first-order chi connectivity index (χ1) is 12.1. The highest BCUT2D eigenvalue weighted by molar-refractivity contribution is 5.19. The van der Waals surface area contributed by atoms with Gasteiger partial charge in [0.05, 0.1) is 6.54 Å². The Morgan fingerprint density at radius 1 is 1.28 bits per heavy atom. The minimum Gasteiger partial charge on any atom is -0.339 e. The SMILES string of the molecule is CN(Cc1noc(C2CC2)n1)[C@@H]1CCN(Cc2cccc(F)c2F)C1. The zero-order valence-corrected chi connectivity index (χ0v) is 14.3. The number of likely N-dealkylation sites (N-methyl/N-ethyl adjacent to an activating group) is 1. The Kier molecular flexibility index (Phi) is 4.52. The van der Waals surface area contributed by atoms with E-state index in [0.717, 1.165) is 50.1 Å². The molecule has 25 heavy (non-hydrogen) atoms. The lowest BCUT2D eigenvalue weighted by Crippen LogP contribution is -2.34. The van der Waals surface area contributed by atoms with E-state index in [1.165, 1.54) is 0 Å². The van der Waals surface area contributed by atoms with E-state index in [4.69, 9.17) is 4.52 Å². The summed E-state index contributed by atoms with van der Waals surface area (Å²) in [5.74, 6) is 0.430. The van der Waals surface area contributed by atoms with Gasteiger partial charge in [-0.15, -0.1) is 0 Å². The van der Waals surface area contributed by atoms with E-state index in [1.54, 1.807) is 12.1 Å². The molecule has 0 bridgehead atoms. The van der Waals surface area contributed by atoms with Crippen molar-refractivity contribution in [1.82, 2.24) is 19.9 Å². The normalized spacial score (nSPS) is 21.4. The quantitative estimate of drug-likeness (QED) is 0.803. The number of halogens is 2. The van der Waals surface area contributed by atoms with E-state index in [-0.39, 0.29) is 0 Å². The number of hydrogen-bond donors (Lipinski definition) is 0. The molecule has 1 saturated heterocycles. The van der Waals surface area contributed by atoms with Crippen LogP contribution in [0, 0.1) is 11.6 Å². The minimum atomic E-state index is -0.783. The average molecular weight is 348 g/mol. The molecule has 2 fully saturated rings. The molecular weight excluding hydrogens is 326 g/mol. The monoisotopic (exact) mass is 348 g/mol. The van der Waals surface area contributed by atoms with Crippen LogP contribution in [0.3, 0.4) is 0 Å². The van der Waals surface area contributed by atoms with Crippen molar-refractivity contribution in [1.29, 1.82) is 0 Å². The van der Waals surface area contributed by atoms with Gasteiger partial charge in [0.15, 0.2) is 17.5 Å². The van der Waals surface area contributed by atoms with Gasteiger partial charge < -0.3 is 4.52 Å². The fourth-order valence-electron chi connectivity index (χ4n) is 3.41. The highest BCUT2D eigenvalue weighted by atomic mass is 19.2. The second-order valence-corrected chi connectivity index (χ2v) is 7.13. The molecule has 0 amide bonds. The molecule has 7 heteroatoms. The van der Waals surface area contributed by atoms with Crippen LogP contribution in [0.1, 0.15) is 42.5 Å². The fraction of sp³-hybridized carbons (Fsp3) is 0.556. The molecule has 0 spiro atoms. The van der Waals surface area contributed by atoms with Gasteiger partial charge in [0.25, 0.3) is 0 Å². The largest absolute Gasteiger partial charge is 0.339 e. The zero-order chi connectivity index (χ0) is 17.4. The molecule has 2 aromatic rings. The van der Waals surface area contributed by atoms with Gasteiger partial charge in [-0.25, -0.2) is 8.78 Å². The second-order valence-electron chi connectivity index (χ2n) is 7.13. The Morgan fingerprint density at radius 2 is 2.12 bits per heavy atom. The molecule has 4 rings (SSSR count). The van der Waals surface area contributed by atoms with E-state index < -0.39 is 11.6 Å². The van der Waals surface area contributed by atoms with Crippen molar-refractivity contribution in [3.63, 3.8) is 0 Å². The van der Waals surface area contributed by atoms with Crippen LogP contribution in [0.4, 0.5) is 8.78 Å². The number of rotatable bonds is 6. The third kappa shape index (κ3) is 3.72. The second kappa shape index (κ2) is 6.80. The van der Waals surface area contributed by atoms with Gasteiger partial charge in [-0.05, 0) is 32.4 Å². The topological polar surface area (TPSA) is 45.4 Å². The summed E-state index contributed by atoms with van der Waals surface area (Å²) >= 11 is 0. The average Bonchev–Trinajstić information content (AvgIpc) is 3.15. The first kappa shape index (κ1) is 16.6. The van der Waals surface area contributed by atoms with Crippen molar-refractivity contribution in [2.45, 2.75) is 44.3 Å². The number of hydrogen-bond acceptors (Lipinski definition) is 5. The van der Waals surface area contributed by atoms with Crippen LogP contribution in [0.15, 0.2) is 22.7 Å². The molecular formula is C18H22F2N4O. The lowest BCUT2D eigenvalue weighted by atomic mass is 10.2. The highest BCUT2D eigenvalue weighted by Crippen LogP contribution is 2.38. The van der Waals surface area contributed by atoms with E-state index in [2.05, 4.69) is 19.9 Å². The lowest BCUT2D eigenvalue weighted by Gasteiger charge is -2.23. The molecule has 0 N–H and O–H groups in total. The van der Waals surface area contributed by atoms with Crippen LogP contribution >= 0.6 is 0 Å². The Bertz CT molecular complexity index is 746. The van der Waals surface area contributed by atoms with Crippen LogP contribution in [0.5, 0.6) is 0 Å². The van der Waals surface area contributed by atoms with Crippen molar-refractivity contribution in [2.24, 2.45) is 0 Å². The van der Waals surface area contributed by atoms with Gasteiger partial charge in [-0.1, -0.05) is 17.3 Å². The van der Waals surface area contributed by atoms with Gasteiger partial charge in [0.1, 0.15) is 0 Å². The standard InChI is InChI=1S/C18H22F2N4O/c1-23(11-16-21-18(25-22-16)12-5-6-12)14-7-8-24(10-14)9-13-3-2-4-15(19)17(13)20/h2-4,12,14H,5-11H2,1H3/t14-/m1/s1. The molecule has 1 aliphatic carbocycles. The third-order valence-electron chi connectivity index (χ3n) is 5.10. The minimum absolute atomic E-state index is 0.347. The van der Waals surface area contributed by atoms with E-state index in [0.29, 0.717) is 30.6 Å². The fourth-order valence-corrected chi connectivity index (χ4v) is 3.41. The van der Waals surface area contributed by atoms with E-state index in [1.807, 2.05) is 7.05 Å². The Morgan fingerprint density at radius 3 is 2.92 bits per heavy atom.